The number of unbranched alkanes of at least 4 members (excludes halogenated alkanes) is 3. The van der Waals surface area contributed by atoms with E-state index in [1.807, 2.05) is 0 Å². The lowest BCUT2D eigenvalue weighted by Crippen LogP contribution is -2.30. The van der Waals surface area contributed by atoms with Crippen LogP contribution in [0.4, 0.5) is 0 Å². The summed E-state index contributed by atoms with van der Waals surface area (Å²) in [6.45, 7) is 0.755. The third-order valence-electron chi connectivity index (χ3n) is 4.06. The molecule has 1 aliphatic carbocycles. The first kappa shape index (κ1) is 18.0. The number of carbonyl (C=O) groups is 1. The van der Waals surface area contributed by atoms with Gasteiger partial charge in [-0.15, -0.1) is 12.4 Å². The van der Waals surface area contributed by atoms with Gasteiger partial charge in [0, 0.05) is 6.42 Å². The summed E-state index contributed by atoms with van der Waals surface area (Å²) in [4.78, 5) is 12.0. The fourth-order valence-electron chi connectivity index (χ4n) is 2.95. The minimum Gasteiger partial charge on any atom is -0.349 e. The van der Waals surface area contributed by atoms with Crippen LogP contribution in [-0.2, 0) is 11.2 Å². The number of aryl methyl sites for hydroxylation is 1. The number of nitrogens with two attached hydrogens (primary N) is 1. The first-order valence-electron chi connectivity index (χ1n) is 7.88. The molecule has 1 amide bonds. The molecule has 1 unspecified atom stereocenters. The third kappa shape index (κ3) is 5.68. The van der Waals surface area contributed by atoms with Gasteiger partial charge in [-0.2, -0.15) is 0 Å². The average Bonchev–Trinajstić information content (AvgIpc) is 2.47. The molecule has 1 atom stereocenters. The van der Waals surface area contributed by atoms with Gasteiger partial charge in [0.2, 0.25) is 5.91 Å². The van der Waals surface area contributed by atoms with Crippen molar-refractivity contribution in [3.8, 4) is 0 Å². The SMILES string of the molecule is Cl.NCCCCCCC(=O)NC1CCCc2ccccc21. The number of benzene rings is 1. The monoisotopic (exact) mass is 310 g/mol. The summed E-state index contributed by atoms with van der Waals surface area (Å²) in [5.74, 6) is 0.194. The molecule has 0 saturated heterocycles. The molecule has 0 bridgehead atoms. The summed E-state index contributed by atoms with van der Waals surface area (Å²) >= 11 is 0. The quantitative estimate of drug-likeness (QED) is 0.757. The lowest BCUT2D eigenvalue weighted by molar-refractivity contribution is -0.122. The Morgan fingerprint density at radius 1 is 1.19 bits per heavy atom. The van der Waals surface area contributed by atoms with Gasteiger partial charge in [-0.25, -0.2) is 0 Å². The molecule has 0 aliphatic heterocycles. The Bertz CT molecular complexity index is 437. The molecule has 118 valence electrons. The summed E-state index contributed by atoms with van der Waals surface area (Å²) in [5.41, 5.74) is 8.17. The van der Waals surface area contributed by atoms with Gasteiger partial charge in [0.05, 0.1) is 6.04 Å². The highest BCUT2D eigenvalue weighted by Gasteiger charge is 2.20. The highest BCUT2D eigenvalue weighted by atomic mass is 35.5. The van der Waals surface area contributed by atoms with E-state index in [0.717, 1.165) is 45.1 Å². The zero-order chi connectivity index (χ0) is 14.2. The number of halogens is 1. The van der Waals surface area contributed by atoms with Crippen molar-refractivity contribution in [3.05, 3.63) is 35.4 Å². The van der Waals surface area contributed by atoms with E-state index in [4.69, 9.17) is 5.73 Å². The Morgan fingerprint density at radius 2 is 1.95 bits per heavy atom. The number of amides is 1. The Morgan fingerprint density at radius 3 is 2.76 bits per heavy atom. The maximum absolute atomic E-state index is 12.0. The predicted octanol–water partition coefficient (Wildman–Crippen LogP) is 3.51. The first-order chi connectivity index (χ1) is 9.81. The number of fused-ring (bicyclic) bond motifs is 1. The maximum atomic E-state index is 12.0. The van der Waals surface area contributed by atoms with E-state index in [9.17, 15) is 4.79 Å². The van der Waals surface area contributed by atoms with E-state index in [0.29, 0.717) is 6.42 Å². The summed E-state index contributed by atoms with van der Waals surface area (Å²) < 4.78 is 0. The van der Waals surface area contributed by atoms with Crippen LogP contribution in [0.3, 0.4) is 0 Å². The fraction of sp³-hybridized carbons (Fsp3) is 0.588. The van der Waals surface area contributed by atoms with Crippen LogP contribution in [0.1, 0.15) is 62.1 Å². The second kappa shape index (κ2) is 9.80. The van der Waals surface area contributed by atoms with Crippen LogP contribution >= 0.6 is 12.4 Å². The van der Waals surface area contributed by atoms with Gasteiger partial charge in [0.1, 0.15) is 0 Å². The molecule has 21 heavy (non-hydrogen) atoms. The molecule has 0 spiro atoms. The number of hydrogen-bond acceptors (Lipinski definition) is 2. The maximum Gasteiger partial charge on any atom is 0.220 e. The van der Waals surface area contributed by atoms with Crippen LogP contribution in [0.5, 0.6) is 0 Å². The van der Waals surface area contributed by atoms with Crippen molar-refractivity contribution in [3.63, 3.8) is 0 Å². The molecule has 0 saturated carbocycles. The smallest absolute Gasteiger partial charge is 0.220 e. The second-order valence-corrected chi connectivity index (χ2v) is 5.66. The standard InChI is InChI=1S/C17H26N2O.ClH/c18-13-6-2-1-3-12-17(20)19-16-11-7-9-14-8-4-5-10-15(14)16;/h4-5,8,10,16H,1-3,6-7,9,11-13,18H2,(H,19,20);1H. The van der Waals surface area contributed by atoms with Crippen molar-refractivity contribution in [2.24, 2.45) is 5.73 Å². The number of rotatable bonds is 7. The van der Waals surface area contributed by atoms with Crippen LogP contribution in [0.2, 0.25) is 0 Å². The van der Waals surface area contributed by atoms with Gasteiger partial charge in [-0.1, -0.05) is 37.1 Å². The molecule has 0 aromatic heterocycles. The van der Waals surface area contributed by atoms with E-state index in [1.54, 1.807) is 0 Å². The van der Waals surface area contributed by atoms with Gasteiger partial charge < -0.3 is 11.1 Å². The van der Waals surface area contributed by atoms with E-state index in [-0.39, 0.29) is 24.4 Å². The van der Waals surface area contributed by atoms with Crippen molar-refractivity contribution in [1.82, 2.24) is 5.32 Å². The lowest BCUT2D eigenvalue weighted by Gasteiger charge is -2.26. The van der Waals surface area contributed by atoms with Crippen molar-refractivity contribution in [2.75, 3.05) is 6.54 Å². The zero-order valence-electron chi connectivity index (χ0n) is 12.6. The van der Waals surface area contributed by atoms with Crippen molar-refractivity contribution >= 4 is 18.3 Å². The second-order valence-electron chi connectivity index (χ2n) is 5.66. The molecule has 4 heteroatoms. The fourth-order valence-corrected chi connectivity index (χ4v) is 2.95. The number of carbonyl (C=O) groups excluding carboxylic acids is 1. The molecule has 0 radical (unpaired) electrons. The van der Waals surface area contributed by atoms with Gasteiger partial charge in [-0.05, 0) is 49.8 Å². The molecule has 1 aromatic carbocycles. The molecule has 3 N–H and O–H groups in total. The van der Waals surface area contributed by atoms with E-state index < -0.39 is 0 Å². The molecule has 1 aromatic rings. The Hall–Kier alpha value is -1.06. The van der Waals surface area contributed by atoms with E-state index >= 15 is 0 Å². The molecule has 3 nitrogen and oxygen atoms in total. The summed E-state index contributed by atoms with van der Waals surface area (Å²) in [6.07, 6.45) is 8.29. The third-order valence-corrected chi connectivity index (χ3v) is 4.06. The molecule has 1 aliphatic rings. The summed E-state index contributed by atoms with van der Waals surface area (Å²) in [6, 6.07) is 8.70. The molecule has 0 fully saturated rings. The molecular formula is C17H27ClN2O. The molecule has 2 rings (SSSR count). The van der Waals surface area contributed by atoms with Gasteiger partial charge in [-0.3, -0.25) is 4.79 Å². The van der Waals surface area contributed by atoms with Crippen molar-refractivity contribution < 1.29 is 4.79 Å². The average molecular weight is 311 g/mol. The van der Waals surface area contributed by atoms with Gasteiger partial charge in [0.15, 0.2) is 0 Å². The Labute approximate surface area is 134 Å². The van der Waals surface area contributed by atoms with Crippen LogP contribution in [0.25, 0.3) is 0 Å². The van der Waals surface area contributed by atoms with Gasteiger partial charge in [0.25, 0.3) is 0 Å². The van der Waals surface area contributed by atoms with Crippen LogP contribution in [0.15, 0.2) is 24.3 Å². The van der Waals surface area contributed by atoms with Gasteiger partial charge >= 0.3 is 0 Å². The van der Waals surface area contributed by atoms with E-state index in [1.165, 1.54) is 17.5 Å². The number of hydrogen-bond donors (Lipinski definition) is 2. The highest BCUT2D eigenvalue weighted by Crippen LogP contribution is 2.29. The predicted molar refractivity (Wildman–Crippen MR) is 89.7 cm³/mol. The normalized spacial score (nSPS) is 16.7. The molecule has 0 heterocycles. The highest BCUT2D eigenvalue weighted by molar-refractivity contribution is 5.85. The first-order valence-corrected chi connectivity index (χ1v) is 7.88. The van der Waals surface area contributed by atoms with Crippen LogP contribution in [-0.4, -0.2) is 12.5 Å². The Balaban J connectivity index is 0.00000220. The van der Waals surface area contributed by atoms with Crippen molar-refractivity contribution in [2.45, 2.75) is 57.4 Å². The van der Waals surface area contributed by atoms with Crippen LogP contribution < -0.4 is 11.1 Å². The minimum absolute atomic E-state index is 0. The summed E-state index contributed by atoms with van der Waals surface area (Å²) in [5, 5.41) is 3.20. The lowest BCUT2D eigenvalue weighted by atomic mass is 9.87. The number of nitrogens with one attached hydrogen (secondary N) is 1. The zero-order valence-corrected chi connectivity index (χ0v) is 13.5. The topological polar surface area (TPSA) is 55.1 Å². The minimum atomic E-state index is 0. The Kier molecular flexibility index (Phi) is 8.40. The molecular weight excluding hydrogens is 284 g/mol. The largest absolute Gasteiger partial charge is 0.349 e. The van der Waals surface area contributed by atoms with Crippen molar-refractivity contribution in [1.29, 1.82) is 0 Å². The summed E-state index contributed by atoms with van der Waals surface area (Å²) in [7, 11) is 0. The van der Waals surface area contributed by atoms with E-state index in [2.05, 4.69) is 29.6 Å². The van der Waals surface area contributed by atoms with Crippen LogP contribution in [0, 0.1) is 0 Å².